The van der Waals surface area contributed by atoms with Crippen LogP contribution in [-0.4, -0.2) is 76.2 Å². The molecule has 0 saturated carbocycles. The lowest BCUT2D eigenvalue weighted by Crippen LogP contribution is -2.47. The number of fused-ring (bicyclic) bond motifs is 1. The number of hydrogen-bond acceptors (Lipinski definition) is 8. The number of rotatable bonds is 5. The van der Waals surface area contributed by atoms with Crippen molar-refractivity contribution in [2.45, 2.75) is 5.92 Å². The topological polar surface area (TPSA) is 92.3 Å². The summed E-state index contributed by atoms with van der Waals surface area (Å²) in [6.07, 6.45) is 3.35. The van der Waals surface area contributed by atoms with E-state index < -0.39 is 0 Å². The maximum Gasteiger partial charge on any atom is 0.226 e. The number of aromatic amines is 1. The third-order valence-corrected chi connectivity index (χ3v) is 5.05. The minimum absolute atomic E-state index is 0.391. The number of ether oxygens (including phenoxy) is 2. The second-order valence-electron chi connectivity index (χ2n) is 6.83. The van der Waals surface area contributed by atoms with E-state index in [0.29, 0.717) is 18.5 Å². The summed E-state index contributed by atoms with van der Waals surface area (Å²) in [6.45, 7) is 5.38. The van der Waals surface area contributed by atoms with Crippen LogP contribution in [0.2, 0.25) is 0 Å². The van der Waals surface area contributed by atoms with Gasteiger partial charge in [-0.15, -0.1) is 0 Å². The van der Waals surface area contributed by atoms with Gasteiger partial charge < -0.3 is 14.4 Å². The average Bonchev–Trinajstić information content (AvgIpc) is 3.21. The van der Waals surface area contributed by atoms with Crippen molar-refractivity contribution in [3.63, 3.8) is 0 Å². The smallest absolute Gasteiger partial charge is 0.226 e. The van der Waals surface area contributed by atoms with Crippen molar-refractivity contribution >= 4 is 16.7 Å². The van der Waals surface area contributed by atoms with Gasteiger partial charge in [-0.05, 0) is 12.1 Å². The molecule has 2 saturated heterocycles. The van der Waals surface area contributed by atoms with Crippen molar-refractivity contribution < 1.29 is 9.47 Å². The summed E-state index contributed by atoms with van der Waals surface area (Å²) in [5.41, 5.74) is 0.895. The van der Waals surface area contributed by atoms with Crippen LogP contribution in [0.1, 0.15) is 11.7 Å². The molecule has 9 heteroatoms. The van der Waals surface area contributed by atoms with Crippen molar-refractivity contribution in [1.82, 2.24) is 30.0 Å². The lowest BCUT2D eigenvalue weighted by molar-refractivity contribution is 0.0504. The highest BCUT2D eigenvalue weighted by molar-refractivity contribution is 5.85. The van der Waals surface area contributed by atoms with Crippen LogP contribution in [-0.2, 0) is 4.74 Å². The van der Waals surface area contributed by atoms with Crippen LogP contribution in [0.4, 0.5) is 5.82 Å². The Morgan fingerprint density at radius 2 is 2.11 bits per heavy atom. The van der Waals surface area contributed by atoms with Crippen molar-refractivity contribution in [1.29, 1.82) is 0 Å². The number of hydrogen-bond donors (Lipinski definition) is 1. The Kier molecular flexibility index (Phi) is 4.30. The monoisotopic (exact) mass is 367 g/mol. The standard InChI is InChI=1S/C18H21N7O2/c1-2-14-15(19-3-1)8-16(25-4-6-26-7-5-25)22-18(14)27-12-24-9-13(10-24)17-20-11-21-23-17/h1-3,8,11,13H,4-7,9-10,12H2,(H,20,21,23). The first kappa shape index (κ1) is 16.4. The van der Waals surface area contributed by atoms with E-state index in [0.717, 1.165) is 61.9 Å². The fourth-order valence-electron chi connectivity index (χ4n) is 3.51. The molecule has 1 N–H and O–H groups in total. The lowest BCUT2D eigenvalue weighted by Gasteiger charge is -2.37. The van der Waals surface area contributed by atoms with E-state index in [2.05, 4.69) is 30.0 Å². The highest BCUT2D eigenvalue weighted by atomic mass is 16.5. The van der Waals surface area contributed by atoms with E-state index in [4.69, 9.17) is 14.5 Å². The third kappa shape index (κ3) is 3.31. The maximum absolute atomic E-state index is 6.09. The molecule has 3 aromatic heterocycles. The zero-order valence-corrected chi connectivity index (χ0v) is 14.9. The van der Waals surface area contributed by atoms with Gasteiger partial charge in [-0.2, -0.15) is 10.1 Å². The molecule has 5 rings (SSSR count). The van der Waals surface area contributed by atoms with Gasteiger partial charge in [0.05, 0.1) is 24.1 Å². The van der Waals surface area contributed by atoms with E-state index in [-0.39, 0.29) is 0 Å². The quantitative estimate of drug-likeness (QED) is 0.715. The van der Waals surface area contributed by atoms with Gasteiger partial charge in [0, 0.05) is 44.4 Å². The van der Waals surface area contributed by atoms with Crippen LogP contribution in [0.15, 0.2) is 30.7 Å². The molecule has 27 heavy (non-hydrogen) atoms. The van der Waals surface area contributed by atoms with E-state index in [9.17, 15) is 0 Å². The lowest BCUT2D eigenvalue weighted by atomic mass is 10.0. The van der Waals surface area contributed by atoms with Gasteiger partial charge in [-0.25, -0.2) is 4.98 Å². The van der Waals surface area contributed by atoms with E-state index in [1.54, 1.807) is 12.5 Å². The predicted molar refractivity (Wildman–Crippen MR) is 98.8 cm³/mol. The van der Waals surface area contributed by atoms with Gasteiger partial charge in [0.1, 0.15) is 24.7 Å². The molecule has 9 nitrogen and oxygen atoms in total. The summed E-state index contributed by atoms with van der Waals surface area (Å²) in [7, 11) is 0. The zero-order chi connectivity index (χ0) is 18.1. The van der Waals surface area contributed by atoms with Crippen molar-refractivity contribution in [2.24, 2.45) is 0 Å². The van der Waals surface area contributed by atoms with Crippen molar-refractivity contribution in [3.05, 3.63) is 36.5 Å². The SMILES string of the molecule is c1cnc2cc(N3CCOCC3)nc(OCN3CC(c4ncn[nH]4)C3)c2c1. The Labute approximate surface area is 156 Å². The number of aromatic nitrogens is 5. The molecule has 0 spiro atoms. The molecule has 0 unspecified atom stereocenters. The molecule has 2 aliphatic heterocycles. The molecule has 0 radical (unpaired) electrons. The second kappa shape index (κ2) is 7.09. The first-order valence-corrected chi connectivity index (χ1v) is 9.16. The molecule has 5 heterocycles. The highest BCUT2D eigenvalue weighted by Crippen LogP contribution is 2.29. The summed E-state index contributed by atoms with van der Waals surface area (Å²) in [6, 6.07) is 5.94. The molecule has 0 amide bonds. The highest BCUT2D eigenvalue weighted by Gasteiger charge is 2.30. The number of likely N-dealkylation sites (tertiary alicyclic amines) is 1. The fraction of sp³-hybridized carbons (Fsp3) is 0.444. The normalized spacial score (nSPS) is 18.6. The van der Waals surface area contributed by atoms with Crippen LogP contribution in [0.5, 0.6) is 5.88 Å². The van der Waals surface area contributed by atoms with E-state index in [1.807, 2.05) is 18.2 Å². The summed E-state index contributed by atoms with van der Waals surface area (Å²) in [5, 5.41) is 7.78. The number of morpholine rings is 1. The fourth-order valence-corrected chi connectivity index (χ4v) is 3.51. The Morgan fingerprint density at radius 1 is 1.22 bits per heavy atom. The molecule has 0 bridgehead atoms. The van der Waals surface area contributed by atoms with Crippen LogP contribution in [0.25, 0.3) is 10.9 Å². The third-order valence-electron chi connectivity index (χ3n) is 5.05. The number of pyridine rings is 2. The van der Waals surface area contributed by atoms with Gasteiger partial charge in [-0.3, -0.25) is 15.0 Å². The minimum Gasteiger partial charge on any atom is -0.461 e. The zero-order valence-electron chi connectivity index (χ0n) is 14.9. The Balaban J connectivity index is 1.31. The summed E-state index contributed by atoms with van der Waals surface area (Å²) < 4.78 is 11.5. The molecule has 0 aromatic carbocycles. The molecular formula is C18H21N7O2. The van der Waals surface area contributed by atoms with Gasteiger partial charge in [0.15, 0.2) is 0 Å². The second-order valence-corrected chi connectivity index (χ2v) is 6.83. The molecule has 3 aromatic rings. The number of nitrogens with one attached hydrogen (secondary N) is 1. The van der Waals surface area contributed by atoms with Gasteiger partial charge in [0.25, 0.3) is 0 Å². The van der Waals surface area contributed by atoms with Gasteiger partial charge >= 0.3 is 0 Å². The average molecular weight is 367 g/mol. The van der Waals surface area contributed by atoms with Crippen molar-refractivity contribution in [2.75, 3.05) is 51.0 Å². The first-order chi connectivity index (χ1) is 13.4. The van der Waals surface area contributed by atoms with Crippen LogP contribution < -0.4 is 9.64 Å². The van der Waals surface area contributed by atoms with Gasteiger partial charge in [0.2, 0.25) is 5.88 Å². The van der Waals surface area contributed by atoms with Crippen LogP contribution in [0.3, 0.4) is 0 Å². The van der Waals surface area contributed by atoms with Gasteiger partial charge in [-0.1, -0.05) is 0 Å². The predicted octanol–water partition coefficient (Wildman–Crippen LogP) is 1.02. The van der Waals surface area contributed by atoms with E-state index >= 15 is 0 Å². The molecule has 2 fully saturated rings. The van der Waals surface area contributed by atoms with E-state index in [1.165, 1.54) is 0 Å². The summed E-state index contributed by atoms with van der Waals surface area (Å²) in [4.78, 5) is 17.9. The molecular weight excluding hydrogens is 346 g/mol. The Morgan fingerprint density at radius 3 is 2.93 bits per heavy atom. The number of H-pyrrole nitrogens is 1. The molecule has 0 atom stereocenters. The largest absolute Gasteiger partial charge is 0.461 e. The molecule has 2 aliphatic rings. The Bertz CT molecular complexity index is 905. The first-order valence-electron chi connectivity index (χ1n) is 9.16. The summed E-state index contributed by atoms with van der Waals surface area (Å²) in [5.74, 6) is 2.85. The molecule has 0 aliphatic carbocycles. The van der Waals surface area contributed by atoms with Crippen LogP contribution >= 0.6 is 0 Å². The minimum atomic E-state index is 0.391. The van der Waals surface area contributed by atoms with Crippen LogP contribution in [0, 0.1) is 0 Å². The van der Waals surface area contributed by atoms with Crippen molar-refractivity contribution in [3.8, 4) is 5.88 Å². The number of nitrogens with zero attached hydrogens (tertiary/aromatic N) is 6. The molecule has 140 valence electrons. The number of anilines is 1. The summed E-state index contributed by atoms with van der Waals surface area (Å²) >= 11 is 0. The maximum atomic E-state index is 6.09. The Hall–Kier alpha value is -2.78.